The van der Waals surface area contributed by atoms with E-state index in [4.69, 9.17) is 0 Å². The molecule has 6 heteroatoms. The molecule has 3 rings (SSSR count). The Balaban J connectivity index is 2.15. The molecule has 0 aromatic carbocycles. The number of aromatic carboxylic acids is 1. The van der Waals surface area contributed by atoms with Crippen molar-refractivity contribution in [3.8, 4) is 0 Å². The van der Waals surface area contributed by atoms with E-state index in [1.165, 1.54) is 11.3 Å². The maximum absolute atomic E-state index is 11.7. The molecule has 0 bridgehead atoms. The number of carboxylic acids is 1. The Labute approximate surface area is 107 Å². The van der Waals surface area contributed by atoms with Crippen molar-refractivity contribution in [1.82, 2.24) is 0 Å². The second-order valence-corrected chi connectivity index (χ2v) is 5.55. The Morgan fingerprint density at radius 1 is 1.11 bits per heavy atom. The molecular formula is C12H11NO4S. The molecule has 0 radical (unpaired) electrons. The van der Waals surface area contributed by atoms with Crippen molar-refractivity contribution >= 4 is 34.1 Å². The summed E-state index contributed by atoms with van der Waals surface area (Å²) in [5.74, 6) is -1.62. The molecule has 18 heavy (non-hydrogen) atoms. The van der Waals surface area contributed by atoms with Crippen molar-refractivity contribution in [1.29, 1.82) is 0 Å². The van der Waals surface area contributed by atoms with Crippen molar-refractivity contribution in [3.63, 3.8) is 0 Å². The first-order valence-electron chi connectivity index (χ1n) is 5.83. The lowest BCUT2D eigenvalue weighted by Gasteiger charge is -2.13. The first kappa shape index (κ1) is 11.4. The molecule has 0 unspecified atom stereocenters. The van der Waals surface area contributed by atoms with Gasteiger partial charge in [-0.15, -0.1) is 11.3 Å². The van der Waals surface area contributed by atoms with E-state index in [2.05, 4.69) is 0 Å². The minimum Gasteiger partial charge on any atom is -0.478 e. The summed E-state index contributed by atoms with van der Waals surface area (Å²) in [6, 6.07) is 0. The first-order chi connectivity index (χ1) is 8.59. The molecule has 1 fully saturated rings. The number of thiophene rings is 1. The summed E-state index contributed by atoms with van der Waals surface area (Å²) in [6.07, 6.45) is 2.88. The summed E-state index contributed by atoms with van der Waals surface area (Å²) >= 11 is 1.29. The lowest BCUT2D eigenvalue weighted by atomic mass is 10.1. The van der Waals surface area contributed by atoms with Crippen LogP contribution in [0.25, 0.3) is 0 Å². The fraction of sp³-hybridized carbons (Fsp3) is 0.417. The second-order valence-electron chi connectivity index (χ2n) is 4.47. The third-order valence-corrected chi connectivity index (χ3v) is 4.65. The maximum Gasteiger partial charge on any atom is 0.339 e. The molecule has 94 valence electrons. The lowest BCUT2D eigenvalue weighted by molar-refractivity contribution is -0.121. The number of nitrogens with zero attached hydrogens (tertiary/aromatic N) is 1. The largest absolute Gasteiger partial charge is 0.478 e. The molecule has 0 saturated carbocycles. The van der Waals surface area contributed by atoms with E-state index in [1.54, 1.807) is 0 Å². The number of rotatable bonds is 2. The van der Waals surface area contributed by atoms with Gasteiger partial charge in [-0.05, 0) is 24.8 Å². The van der Waals surface area contributed by atoms with Crippen LogP contribution in [-0.4, -0.2) is 22.9 Å². The Morgan fingerprint density at radius 3 is 2.39 bits per heavy atom. The lowest BCUT2D eigenvalue weighted by Crippen LogP contribution is -2.29. The van der Waals surface area contributed by atoms with Crippen LogP contribution in [0.3, 0.4) is 0 Å². The first-order valence-corrected chi connectivity index (χ1v) is 6.65. The highest BCUT2D eigenvalue weighted by Gasteiger charge is 2.37. The van der Waals surface area contributed by atoms with Gasteiger partial charge in [-0.3, -0.25) is 9.59 Å². The van der Waals surface area contributed by atoms with E-state index in [-0.39, 0.29) is 30.2 Å². The summed E-state index contributed by atoms with van der Waals surface area (Å²) in [5, 5.41) is 9.63. The highest BCUT2D eigenvalue weighted by molar-refractivity contribution is 7.17. The smallest absolute Gasteiger partial charge is 0.339 e. The number of carbonyl (C=O) groups is 3. The van der Waals surface area contributed by atoms with E-state index >= 15 is 0 Å². The van der Waals surface area contributed by atoms with Gasteiger partial charge in [0.1, 0.15) is 5.00 Å². The predicted molar refractivity (Wildman–Crippen MR) is 65.0 cm³/mol. The Morgan fingerprint density at radius 2 is 1.78 bits per heavy atom. The van der Waals surface area contributed by atoms with Crippen molar-refractivity contribution in [2.45, 2.75) is 32.1 Å². The Hall–Kier alpha value is -1.69. The van der Waals surface area contributed by atoms with Crippen LogP contribution in [0, 0.1) is 0 Å². The molecule has 0 spiro atoms. The van der Waals surface area contributed by atoms with E-state index < -0.39 is 5.97 Å². The fourth-order valence-electron chi connectivity index (χ4n) is 2.57. The van der Waals surface area contributed by atoms with Crippen LogP contribution in [-0.2, 0) is 22.4 Å². The summed E-state index contributed by atoms with van der Waals surface area (Å²) in [5.41, 5.74) is 0.978. The third kappa shape index (κ3) is 1.49. The standard InChI is InChI=1S/C12H11NO4S/c14-8-4-5-9(15)13(8)11-10(12(16)17)6-2-1-3-7(6)18-11/h1-5H2,(H,16,17). The van der Waals surface area contributed by atoms with Crippen LogP contribution in [0.5, 0.6) is 0 Å². The van der Waals surface area contributed by atoms with Crippen LogP contribution < -0.4 is 4.90 Å². The van der Waals surface area contributed by atoms with Gasteiger partial charge in [-0.2, -0.15) is 0 Å². The van der Waals surface area contributed by atoms with Crippen LogP contribution in [0.2, 0.25) is 0 Å². The molecule has 2 heterocycles. The van der Waals surface area contributed by atoms with Crippen LogP contribution in [0.15, 0.2) is 0 Å². The third-order valence-electron chi connectivity index (χ3n) is 3.37. The molecule has 1 saturated heterocycles. The minimum atomic E-state index is -1.04. The summed E-state index contributed by atoms with van der Waals surface area (Å²) in [6.45, 7) is 0. The number of hydrogen-bond acceptors (Lipinski definition) is 4. The van der Waals surface area contributed by atoms with Gasteiger partial charge in [-0.25, -0.2) is 9.69 Å². The number of imide groups is 1. The van der Waals surface area contributed by atoms with Crippen LogP contribution in [0.1, 0.15) is 40.1 Å². The van der Waals surface area contributed by atoms with Gasteiger partial charge in [0.2, 0.25) is 11.8 Å². The quantitative estimate of drug-likeness (QED) is 0.824. The summed E-state index contributed by atoms with van der Waals surface area (Å²) < 4.78 is 0. The van der Waals surface area contributed by atoms with Gasteiger partial charge in [0.05, 0.1) is 5.56 Å². The summed E-state index contributed by atoms with van der Waals surface area (Å²) in [4.78, 5) is 36.9. The molecule has 5 nitrogen and oxygen atoms in total. The van der Waals surface area contributed by atoms with Crippen molar-refractivity contribution in [2.24, 2.45) is 0 Å². The Kier molecular flexibility index (Phi) is 2.48. The van der Waals surface area contributed by atoms with Gasteiger partial charge >= 0.3 is 5.97 Å². The van der Waals surface area contributed by atoms with E-state index in [1.807, 2.05) is 0 Å². The number of aryl methyl sites for hydroxylation is 1. The molecular weight excluding hydrogens is 254 g/mol. The molecule has 1 aliphatic carbocycles. The monoisotopic (exact) mass is 265 g/mol. The number of carbonyl (C=O) groups excluding carboxylic acids is 2. The van der Waals surface area contributed by atoms with Gasteiger partial charge in [0.25, 0.3) is 0 Å². The van der Waals surface area contributed by atoms with E-state index in [0.717, 1.165) is 34.6 Å². The SMILES string of the molecule is O=C(O)c1c(N2C(=O)CCC2=O)sc2c1CCC2. The van der Waals surface area contributed by atoms with Gasteiger partial charge < -0.3 is 5.11 Å². The molecule has 2 aliphatic rings. The zero-order valence-electron chi connectivity index (χ0n) is 9.56. The minimum absolute atomic E-state index is 0.163. The molecule has 1 aromatic rings. The number of carboxylic acid groups (broad SMARTS) is 1. The van der Waals surface area contributed by atoms with Crippen molar-refractivity contribution < 1.29 is 19.5 Å². The topological polar surface area (TPSA) is 74.7 Å². The van der Waals surface area contributed by atoms with Crippen LogP contribution in [0.4, 0.5) is 5.00 Å². The number of amides is 2. The number of hydrogen-bond donors (Lipinski definition) is 1. The van der Waals surface area contributed by atoms with Gasteiger partial charge in [0.15, 0.2) is 0 Å². The molecule has 2 amide bonds. The number of fused-ring (bicyclic) bond motifs is 1. The predicted octanol–water partition coefficient (Wildman–Crippen LogP) is 1.59. The second kappa shape index (κ2) is 3.91. The molecule has 1 N–H and O–H groups in total. The zero-order valence-corrected chi connectivity index (χ0v) is 10.4. The maximum atomic E-state index is 11.7. The fourth-order valence-corrected chi connectivity index (χ4v) is 3.99. The molecule has 1 aromatic heterocycles. The van der Waals surface area contributed by atoms with Crippen LogP contribution >= 0.6 is 11.3 Å². The summed E-state index contributed by atoms with van der Waals surface area (Å²) in [7, 11) is 0. The average Bonchev–Trinajstić information content (AvgIpc) is 2.92. The van der Waals surface area contributed by atoms with Crippen molar-refractivity contribution in [3.05, 3.63) is 16.0 Å². The highest BCUT2D eigenvalue weighted by Crippen LogP contribution is 2.42. The Bertz CT molecular complexity index is 559. The van der Waals surface area contributed by atoms with E-state index in [0.29, 0.717) is 5.00 Å². The molecule has 1 aliphatic heterocycles. The zero-order chi connectivity index (χ0) is 12.9. The molecule has 0 atom stereocenters. The van der Waals surface area contributed by atoms with E-state index in [9.17, 15) is 19.5 Å². The van der Waals surface area contributed by atoms with Gasteiger partial charge in [-0.1, -0.05) is 0 Å². The average molecular weight is 265 g/mol. The van der Waals surface area contributed by atoms with Crippen molar-refractivity contribution in [2.75, 3.05) is 4.90 Å². The number of anilines is 1. The highest BCUT2D eigenvalue weighted by atomic mass is 32.1. The van der Waals surface area contributed by atoms with Gasteiger partial charge in [0, 0.05) is 17.7 Å². The normalized spacial score (nSPS) is 18.6.